The van der Waals surface area contributed by atoms with Crippen molar-refractivity contribution >= 4 is 18.4 Å². The van der Waals surface area contributed by atoms with Crippen LogP contribution in [0.25, 0.3) is 0 Å². The van der Waals surface area contributed by atoms with Crippen LogP contribution in [0, 0.1) is 0 Å². The van der Waals surface area contributed by atoms with Gasteiger partial charge >= 0.3 is 6.61 Å². The molecule has 82 valence electrons. The van der Waals surface area contributed by atoms with Gasteiger partial charge in [0.1, 0.15) is 11.5 Å². The van der Waals surface area contributed by atoms with Crippen molar-refractivity contribution in [3.8, 4) is 5.75 Å². The van der Waals surface area contributed by atoms with Crippen LogP contribution in [0.5, 0.6) is 5.75 Å². The van der Waals surface area contributed by atoms with E-state index >= 15 is 0 Å². The summed E-state index contributed by atoms with van der Waals surface area (Å²) in [5.74, 6) is 0.0193. The van der Waals surface area contributed by atoms with Gasteiger partial charge in [-0.15, -0.1) is 12.6 Å². The lowest BCUT2D eigenvalue weighted by molar-refractivity contribution is -0.116. The van der Waals surface area contributed by atoms with E-state index < -0.39 is 6.61 Å². The van der Waals surface area contributed by atoms with E-state index in [9.17, 15) is 13.6 Å². The molecular weight excluding hydrogens is 222 g/mol. The van der Waals surface area contributed by atoms with Crippen LogP contribution in [0.1, 0.15) is 12.5 Å². The smallest absolute Gasteiger partial charge is 0.387 e. The summed E-state index contributed by atoms with van der Waals surface area (Å²) in [6, 6.07) is 4.49. The molecule has 0 saturated carbocycles. The Morgan fingerprint density at radius 2 is 2.20 bits per heavy atom. The summed E-state index contributed by atoms with van der Waals surface area (Å²) in [5.41, 5.74) is 0.731. The van der Waals surface area contributed by atoms with Gasteiger partial charge in [-0.2, -0.15) is 8.78 Å². The summed E-state index contributed by atoms with van der Waals surface area (Å²) in [5, 5.41) is 0. The highest BCUT2D eigenvalue weighted by molar-refractivity contribution is 7.80. The minimum atomic E-state index is -2.87. The Morgan fingerprint density at radius 1 is 1.53 bits per heavy atom. The molecule has 0 atom stereocenters. The average Bonchev–Trinajstić information content (AvgIpc) is 2.08. The molecule has 0 aliphatic heterocycles. The molecule has 0 aliphatic rings. The van der Waals surface area contributed by atoms with Gasteiger partial charge in [0.2, 0.25) is 0 Å². The number of hydrogen-bond donors (Lipinski definition) is 1. The fourth-order valence-electron chi connectivity index (χ4n) is 1.16. The summed E-state index contributed by atoms with van der Waals surface area (Å²) in [6.07, 6.45) is 0.266. The molecule has 2 nitrogen and oxygen atoms in total. The normalized spacial score (nSPS) is 10.5. The average molecular weight is 232 g/mol. The number of ether oxygens (including phenoxy) is 1. The van der Waals surface area contributed by atoms with Crippen molar-refractivity contribution < 1.29 is 18.3 Å². The lowest BCUT2D eigenvalue weighted by atomic mass is 10.1. The molecule has 5 heteroatoms. The molecule has 0 heterocycles. The topological polar surface area (TPSA) is 26.3 Å². The summed E-state index contributed by atoms with van der Waals surface area (Å²) in [4.78, 5) is 11.1. The molecule has 1 rings (SSSR count). The number of thiol groups is 1. The van der Waals surface area contributed by atoms with Crippen molar-refractivity contribution in [2.75, 3.05) is 0 Å². The van der Waals surface area contributed by atoms with E-state index in [1.165, 1.54) is 13.0 Å². The van der Waals surface area contributed by atoms with Gasteiger partial charge in [-0.25, -0.2) is 0 Å². The number of rotatable bonds is 4. The Labute approximate surface area is 91.7 Å². The largest absolute Gasteiger partial charge is 0.434 e. The fraction of sp³-hybridized carbons (Fsp3) is 0.300. The highest BCUT2D eigenvalue weighted by atomic mass is 32.1. The van der Waals surface area contributed by atoms with Crippen LogP contribution in [-0.4, -0.2) is 12.4 Å². The second-order valence-corrected chi connectivity index (χ2v) is 3.54. The van der Waals surface area contributed by atoms with E-state index in [0.717, 1.165) is 5.56 Å². The number of benzene rings is 1. The summed E-state index contributed by atoms with van der Waals surface area (Å²) >= 11 is 3.99. The predicted molar refractivity (Wildman–Crippen MR) is 54.7 cm³/mol. The number of Topliss-reactive ketones (excluding diaryl/α,β-unsaturated/α-hetero) is 1. The van der Waals surface area contributed by atoms with Gasteiger partial charge in [0.25, 0.3) is 0 Å². The van der Waals surface area contributed by atoms with Crippen LogP contribution in [-0.2, 0) is 11.2 Å². The zero-order valence-electron chi connectivity index (χ0n) is 8.04. The number of carbonyl (C=O) groups is 1. The van der Waals surface area contributed by atoms with Crippen LogP contribution in [0.3, 0.4) is 0 Å². The Kier molecular flexibility index (Phi) is 4.08. The second kappa shape index (κ2) is 5.11. The Morgan fingerprint density at radius 3 is 2.67 bits per heavy atom. The monoisotopic (exact) mass is 232 g/mol. The third-order valence-corrected chi connectivity index (χ3v) is 2.04. The first-order valence-corrected chi connectivity index (χ1v) is 4.70. The molecule has 1 aromatic carbocycles. The summed E-state index contributed by atoms with van der Waals surface area (Å²) < 4.78 is 28.0. The first-order valence-electron chi connectivity index (χ1n) is 4.25. The molecule has 0 fully saturated rings. The highest BCUT2D eigenvalue weighted by Crippen LogP contribution is 2.25. The van der Waals surface area contributed by atoms with Gasteiger partial charge in [0, 0.05) is 11.3 Å². The van der Waals surface area contributed by atoms with Gasteiger partial charge < -0.3 is 4.74 Å². The van der Waals surface area contributed by atoms with Crippen molar-refractivity contribution in [3.63, 3.8) is 0 Å². The Balaban J connectivity index is 2.83. The summed E-state index contributed by atoms with van der Waals surface area (Å²) in [6.45, 7) is -1.41. The SMILES string of the molecule is CC(=O)Cc1ccc(OC(F)F)c(S)c1. The Hall–Kier alpha value is -1.10. The van der Waals surface area contributed by atoms with Crippen molar-refractivity contribution in [1.29, 1.82) is 0 Å². The maximum atomic E-state index is 11.9. The van der Waals surface area contributed by atoms with Gasteiger partial charge in [0.15, 0.2) is 0 Å². The van der Waals surface area contributed by atoms with E-state index in [1.807, 2.05) is 0 Å². The molecule has 0 aliphatic carbocycles. The van der Waals surface area contributed by atoms with Crippen LogP contribution in [0.2, 0.25) is 0 Å². The van der Waals surface area contributed by atoms with Crippen LogP contribution in [0.15, 0.2) is 23.1 Å². The van der Waals surface area contributed by atoms with E-state index in [2.05, 4.69) is 17.4 Å². The van der Waals surface area contributed by atoms with Gasteiger partial charge in [0.05, 0.1) is 0 Å². The molecule has 0 amide bonds. The lowest BCUT2D eigenvalue weighted by Crippen LogP contribution is -2.03. The maximum Gasteiger partial charge on any atom is 0.387 e. The zero-order chi connectivity index (χ0) is 11.4. The van der Waals surface area contributed by atoms with Gasteiger partial charge in [-0.3, -0.25) is 4.79 Å². The van der Waals surface area contributed by atoms with Crippen LogP contribution < -0.4 is 4.74 Å². The lowest BCUT2D eigenvalue weighted by Gasteiger charge is -2.08. The van der Waals surface area contributed by atoms with E-state index in [0.29, 0.717) is 4.90 Å². The fourth-order valence-corrected chi connectivity index (χ4v) is 1.45. The molecule has 0 bridgehead atoms. The number of carbonyl (C=O) groups excluding carboxylic acids is 1. The first-order chi connectivity index (χ1) is 6.99. The van der Waals surface area contributed by atoms with Crippen molar-refractivity contribution in [2.45, 2.75) is 24.9 Å². The van der Waals surface area contributed by atoms with Gasteiger partial charge in [-0.1, -0.05) is 6.07 Å². The molecule has 0 N–H and O–H groups in total. The zero-order valence-corrected chi connectivity index (χ0v) is 8.93. The molecule has 15 heavy (non-hydrogen) atoms. The Bertz CT molecular complexity index is 366. The third kappa shape index (κ3) is 3.87. The molecule has 0 unspecified atom stereocenters. The second-order valence-electron chi connectivity index (χ2n) is 3.06. The van der Waals surface area contributed by atoms with Crippen molar-refractivity contribution in [3.05, 3.63) is 23.8 Å². The molecule has 0 saturated heterocycles. The predicted octanol–water partition coefficient (Wildman–Crippen LogP) is 2.71. The first kappa shape index (κ1) is 12.0. The summed E-state index contributed by atoms with van der Waals surface area (Å²) in [7, 11) is 0. The van der Waals surface area contributed by atoms with Crippen molar-refractivity contribution in [1.82, 2.24) is 0 Å². The maximum absolute atomic E-state index is 11.9. The van der Waals surface area contributed by atoms with Crippen LogP contribution >= 0.6 is 12.6 Å². The van der Waals surface area contributed by atoms with Gasteiger partial charge in [-0.05, 0) is 24.6 Å². The highest BCUT2D eigenvalue weighted by Gasteiger charge is 2.08. The third-order valence-electron chi connectivity index (χ3n) is 1.69. The molecule has 0 spiro atoms. The van der Waals surface area contributed by atoms with Crippen molar-refractivity contribution in [2.24, 2.45) is 0 Å². The molecular formula is C10H10F2O2S. The number of halogens is 2. The molecule has 0 radical (unpaired) electrons. The van der Waals surface area contributed by atoms with E-state index in [-0.39, 0.29) is 18.0 Å². The standard InChI is InChI=1S/C10H10F2O2S/c1-6(13)4-7-2-3-8(9(15)5-7)14-10(11)12/h2-3,5,10,15H,4H2,1H3. The van der Waals surface area contributed by atoms with Crippen LogP contribution in [0.4, 0.5) is 8.78 Å². The minimum Gasteiger partial charge on any atom is -0.434 e. The van der Waals surface area contributed by atoms with E-state index in [1.54, 1.807) is 12.1 Å². The number of ketones is 1. The minimum absolute atomic E-state index is 0.00487. The molecule has 0 aromatic heterocycles. The molecule has 1 aromatic rings. The number of hydrogen-bond acceptors (Lipinski definition) is 3. The van der Waals surface area contributed by atoms with E-state index in [4.69, 9.17) is 0 Å². The number of alkyl halides is 2. The quantitative estimate of drug-likeness (QED) is 0.808.